The minimum absolute atomic E-state index is 0.354. The van der Waals surface area contributed by atoms with E-state index in [-0.39, 0.29) is 0 Å². The predicted molar refractivity (Wildman–Crippen MR) is 86.9 cm³/mol. The molecule has 0 heterocycles. The molecule has 2 rings (SSSR count). The van der Waals surface area contributed by atoms with Crippen molar-refractivity contribution in [1.82, 2.24) is 5.32 Å². The van der Waals surface area contributed by atoms with Crippen molar-refractivity contribution in [3.05, 3.63) is 29.8 Å². The molecule has 0 spiro atoms. The summed E-state index contributed by atoms with van der Waals surface area (Å²) in [5.74, 6) is 1.39. The molecular weight excluding hydrogens is 262 g/mol. The van der Waals surface area contributed by atoms with Crippen LogP contribution in [0.3, 0.4) is 0 Å². The number of benzene rings is 1. The van der Waals surface area contributed by atoms with E-state index in [0.29, 0.717) is 25.1 Å². The topological polar surface area (TPSA) is 41.5 Å². The Kier molecular flexibility index (Phi) is 6.52. The van der Waals surface area contributed by atoms with Gasteiger partial charge >= 0.3 is 0 Å². The third-order valence-corrected chi connectivity index (χ3v) is 4.49. The zero-order valence-electron chi connectivity index (χ0n) is 13.3. The Balaban J connectivity index is 1.79. The van der Waals surface area contributed by atoms with Crippen LogP contribution in [0.1, 0.15) is 57.4 Å². The second kappa shape index (κ2) is 8.40. The van der Waals surface area contributed by atoms with Gasteiger partial charge in [-0.2, -0.15) is 0 Å². The van der Waals surface area contributed by atoms with Crippen LogP contribution in [-0.2, 0) is 0 Å². The molecule has 21 heavy (non-hydrogen) atoms. The smallest absolute Gasteiger partial charge is 0.122 e. The summed E-state index contributed by atoms with van der Waals surface area (Å²) in [5.41, 5.74) is 1.23. The van der Waals surface area contributed by atoms with Crippen LogP contribution >= 0.6 is 0 Å². The molecule has 118 valence electrons. The van der Waals surface area contributed by atoms with Crippen LogP contribution in [0.4, 0.5) is 0 Å². The van der Waals surface area contributed by atoms with Crippen molar-refractivity contribution in [3.63, 3.8) is 0 Å². The van der Waals surface area contributed by atoms with E-state index in [1.54, 1.807) is 0 Å². The van der Waals surface area contributed by atoms with Crippen molar-refractivity contribution in [2.75, 3.05) is 13.2 Å². The van der Waals surface area contributed by atoms with Gasteiger partial charge in [0.25, 0.3) is 0 Å². The molecule has 1 aromatic carbocycles. The number of aliphatic hydroxyl groups is 1. The number of ether oxygens (including phenoxy) is 1. The molecule has 2 N–H and O–H groups in total. The van der Waals surface area contributed by atoms with E-state index in [1.165, 1.54) is 31.2 Å². The van der Waals surface area contributed by atoms with E-state index in [2.05, 4.69) is 25.2 Å². The van der Waals surface area contributed by atoms with Gasteiger partial charge in [0.2, 0.25) is 0 Å². The number of para-hydroxylation sites is 1. The summed E-state index contributed by atoms with van der Waals surface area (Å²) in [7, 11) is 0. The van der Waals surface area contributed by atoms with Gasteiger partial charge in [0.05, 0.1) is 0 Å². The lowest BCUT2D eigenvalue weighted by Gasteiger charge is -2.19. The Labute approximate surface area is 128 Å². The van der Waals surface area contributed by atoms with Crippen molar-refractivity contribution >= 4 is 0 Å². The first-order chi connectivity index (χ1) is 10.2. The molecule has 1 aromatic rings. The number of aliphatic hydroxyl groups excluding tert-OH is 1. The quantitative estimate of drug-likeness (QED) is 0.770. The average molecular weight is 291 g/mol. The summed E-state index contributed by atoms with van der Waals surface area (Å²) in [6.45, 7) is 5.37. The van der Waals surface area contributed by atoms with Gasteiger partial charge in [-0.05, 0) is 36.8 Å². The summed E-state index contributed by atoms with van der Waals surface area (Å²) >= 11 is 0. The standard InChI is InChI=1S/C18H29NO2/c1-3-14(2)17-10-6-7-11-18(17)21-13-16(20)12-19-15-8-4-5-9-15/h6-7,10-11,14-16,19-20H,3-5,8-9,12-13H2,1-2H3/t14-,16-/m1/s1. The van der Waals surface area contributed by atoms with Crippen LogP contribution in [0.25, 0.3) is 0 Å². The molecule has 1 aliphatic carbocycles. The maximum Gasteiger partial charge on any atom is 0.122 e. The Morgan fingerprint density at radius 3 is 2.71 bits per heavy atom. The molecule has 0 aromatic heterocycles. The van der Waals surface area contributed by atoms with Crippen molar-refractivity contribution in [3.8, 4) is 5.75 Å². The molecule has 1 saturated carbocycles. The molecule has 0 radical (unpaired) electrons. The predicted octanol–water partition coefficient (Wildman–Crippen LogP) is 3.47. The highest BCUT2D eigenvalue weighted by Gasteiger charge is 2.16. The van der Waals surface area contributed by atoms with Gasteiger partial charge in [-0.3, -0.25) is 0 Å². The molecule has 3 nitrogen and oxygen atoms in total. The highest BCUT2D eigenvalue weighted by Crippen LogP contribution is 2.28. The van der Waals surface area contributed by atoms with E-state index in [0.717, 1.165) is 12.2 Å². The molecule has 3 heteroatoms. The maximum atomic E-state index is 10.1. The van der Waals surface area contributed by atoms with Crippen LogP contribution in [0.5, 0.6) is 5.75 Å². The van der Waals surface area contributed by atoms with E-state index in [1.807, 2.05) is 18.2 Å². The minimum atomic E-state index is -0.449. The van der Waals surface area contributed by atoms with Gasteiger partial charge in [0.15, 0.2) is 0 Å². The van der Waals surface area contributed by atoms with E-state index < -0.39 is 6.10 Å². The maximum absolute atomic E-state index is 10.1. The molecule has 0 saturated heterocycles. The lowest BCUT2D eigenvalue weighted by molar-refractivity contribution is 0.103. The average Bonchev–Trinajstić information content (AvgIpc) is 3.04. The van der Waals surface area contributed by atoms with Crippen molar-refractivity contribution in [2.24, 2.45) is 0 Å². The number of hydrogen-bond donors (Lipinski definition) is 2. The number of rotatable bonds is 8. The number of nitrogens with one attached hydrogen (secondary N) is 1. The van der Waals surface area contributed by atoms with Gasteiger partial charge in [-0.15, -0.1) is 0 Å². The zero-order chi connectivity index (χ0) is 15.1. The summed E-state index contributed by atoms with van der Waals surface area (Å²) < 4.78 is 5.85. The minimum Gasteiger partial charge on any atom is -0.491 e. The molecule has 1 fully saturated rings. The van der Waals surface area contributed by atoms with Gasteiger partial charge in [0, 0.05) is 12.6 Å². The lowest BCUT2D eigenvalue weighted by Crippen LogP contribution is -2.36. The van der Waals surface area contributed by atoms with E-state index in [9.17, 15) is 5.11 Å². The van der Waals surface area contributed by atoms with Crippen LogP contribution in [-0.4, -0.2) is 30.4 Å². The van der Waals surface area contributed by atoms with Crippen LogP contribution < -0.4 is 10.1 Å². The molecular formula is C18H29NO2. The first-order valence-electron chi connectivity index (χ1n) is 8.33. The SMILES string of the molecule is CC[C@@H](C)c1ccccc1OC[C@H](O)CNC1CCCC1. The second-order valence-electron chi connectivity index (χ2n) is 6.20. The first-order valence-corrected chi connectivity index (χ1v) is 8.33. The molecule has 0 amide bonds. The molecule has 2 atom stereocenters. The molecule has 1 aliphatic rings. The summed E-state index contributed by atoms with van der Waals surface area (Å²) in [5, 5.41) is 13.5. The summed E-state index contributed by atoms with van der Waals surface area (Å²) in [4.78, 5) is 0. The Bertz CT molecular complexity index is 415. The Morgan fingerprint density at radius 1 is 1.29 bits per heavy atom. The van der Waals surface area contributed by atoms with Gasteiger partial charge in [-0.1, -0.05) is 44.9 Å². The Morgan fingerprint density at radius 2 is 2.00 bits per heavy atom. The van der Waals surface area contributed by atoms with Gasteiger partial charge in [0.1, 0.15) is 18.5 Å². The highest BCUT2D eigenvalue weighted by atomic mass is 16.5. The van der Waals surface area contributed by atoms with E-state index >= 15 is 0 Å². The van der Waals surface area contributed by atoms with Crippen LogP contribution in [0, 0.1) is 0 Å². The van der Waals surface area contributed by atoms with Gasteiger partial charge in [-0.25, -0.2) is 0 Å². The van der Waals surface area contributed by atoms with Gasteiger partial charge < -0.3 is 15.2 Å². The van der Waals surface area contributed by atoms with Crippen molar-refractivity contribution in [1.29, 1.82) is 0 Å². The fraction of sp³-hybridized carbons (Fsp3) is 0.667. The molecule has 0 aliphatic heterocycles. The third kappa shape index (κ3) is 5.01. The first kappa shape index (κ1) is 16.3. The largest absolute Gasteiger partial charge is 0.491 e. The normalized spacial score (nSPS) is 18.6. The monoisotopic (exact) mass is 291 g/mol. The second-order valence-corrected chi connectivity index (χ2v) is 6.20. The third-order valence-electron chi connectivity index (χ3n) is 4.49. The van der Waals surface area contributed by atoms with Crippen LogP contribution in [0.2, 0.25) is 0 Å². The van der Waals surface area contributed by atoms with E-state index in [4.69, 9.17) is 4.74 Å². The summed E-state index contributed by atoms with van der Waals surface area (Å²) in [6.07, 6.45) is 5.75. The molecule has 0 bridgehead atoms. The van der Waals surface area contributed by atoms with Crippen molar-refractivity contribution < 1.29 is 9.84 Å². The lowest BCUT2D eigenvalue weighted by atomic mass is 9.98. The highest BCUT2D eigenvalue weighted by molar-refractivity contribution is 5.35. The zero-order valence-corrected chi connectivity index (χ0v) is 13.3. The fourth-order valence-corrected chi connectivity index (χ4v) is 2.92. The molecule has 0 unspecified atom stereocenters. The fourth-order valence-electron chi connectivity index (χ4n) is 2.92. The van der Waals surface area contributed by atoms with Crippen LogP contribution in [0.15, 0.2) is 24.3 Å². The van der Waals surface area contributed by atoms with Crippen molar-refractivity contribution in [2.45, 2.75) is 64.0 Å². The number of hydrogen-bond acceptors (Lipinski definition) is 3. The summed E-state index contributed by atoms with van der Waals surface area (Å²) in [6, 6.07) is 8.74. The Hall–Kier alpha value is -1.06.